The van der Waals surface area contributed by atoms with E-state index >= 15 is 0 Å². The number of rotatable bonds is 7. The summed E-state index contributed by atoms with van der Waals surface area (Å²) >= 11 is 0. The first-order chi connectivity index (χ1) is 9.83. The van der Waals surface area contributed by atoms with Gasteiger partial charge in [0.15, 0.2) is 0 Å². The van der Waals surface area contributed by atoms with Gasteiger partial charge in [0.2, 0.25) is 0 Å². The van der Waals surface area contributed by atoms with E-state index in [4.69, 9.17) is 0 Å². The summed E-state index contributed by atoms with van der Waals surface area (Å²) in [6.07, 6.45) is 16.9. The molecule has 0 unspecified atom stereocenters. The molecule has 102 valence electrons. The van der Waals surface area contributed by atoms with Crippen LogP contribution >= 0.6 is 0 Å². The van der Waals surface area contributed by atoms with Gasteiger partial charge in [-0.15, -0.1) is 0 Å². The van der Waals surface area contributed by atoms with E-state index in [2.05, 4.69) is 16.9 Å². The van der Waals surface area contributed by atoms with Gasteiger partial charge in [0.05, 0.1) is 5.69 Å². The third kappa shape index (κ3) is 7.67. The number of aliphatic imine (C=N–C) groups is 1. The van der Waals surface area contributed by atoms with Crippen molar-refractivity contribution in [1.29, 1.82) is 0 Å². The Hall–Kier alpha value is -2.61. The van der Waals surface area contributed by atoms with E-state index in [9.17, 15) is 0 Å². The number of hydrogen-bond donors (Lipinski definition) is 1. The maximum absolute atomic E-state index is 4.29. The van der Waals surface area contributed by atoms with Gasteiger partial charge in [0.1, 0.15) is 0 Å². The predicted octanol–water partition coefficient (Wildman–Crippen LogP) is 4.69. The molecule has 0 aliphatic heterocycles. The minimum absolute atomic E-state index is 0.951. The summed E-state index contributed by atoms with van der Waals surface area (Å²) in [4.78, 5) is 4.29. The Labute approximate surface area is 121 Å². The van der Waals surface area contributed by atoms with Crippen LogP contribution in [0.4, 0.5) is 5.69 Å². The summed E-state index contributed by atoms with van der Waals surface area (Å²) in [5, 5.41) is 3.15. The number of hydrogen-bond acceptors (Lipinski definition) is 2. The molecular formula is C18H20N2. The van der Waals surface area contributed by atoms with Crippen LogP contribution in [-0.4, -0.2) is 6.21 Å². The molecular weight excluding hydrogens is 244 g/mol. The maximum atomic E-state index is 4.29. The number of para-hydroxylation sites is 1. The molecule has 0 aliphatic rings. The Morgan fingerprint density at radius 1 is 1.05 bits per heavy atom. The van der Waals surface area contributed by atoms with Crippen molar-refractivity contribution in [2.45, 2.75) is 6.92 Å². The lowest BCUT2D eigenvalue weighted by atomic mass is 10.3. The van der Waals surface area contributed by atoms with Gasteiger partial charge in [-0.3, -0.25) is 4.99 Å². The third-order valence-electron chi connectivity index (χ3n) is 2.29. The summed E-state index contributed by atoms with van der Waals surface area (Å²) in [7, 11) is 0. The molecule has 2 nitrogen and oxygen atoms in total. The molecule has 20 heavy (non-hydrogen) atoms. The van der Waals surface area contributed by atoms with Crippen LogP contribution in [0, 0.1) is 0 Å². The molecule has 1 aromatic carbocycles. The second-order valence-electron chi connectivity index (χ2n) is 3.97. The van der Waals surface area contributed by atoms with Crippen molar-refractivity contribution in [3.63, 3.8) is 0 Å². The highest BCUT2D eigenvalue weighted by molar-refractivity contribution is 5.74. The lowest BCUT2D eigenvalue weighted by Gasteiger charge is -1.96. The summed E-state index contributed by atoms with van der Waals surface area (Å²) in [6.45, 7) is 5.61. The molecule has 1 rings (SSSR count). The molecule has 0 aromatic heterocycles. The fourth-order valence-corrected chi connectivity index (χ4v) is 1.32. The molecule has 0 radical (unpaired) electrons. The first-order valence-corrected chi connectivity index (χ1v) is 6.46. The molecule has 0 heterocycles. The Kier molecular flexibility index (Phi) is 7.97. The minimum Gasteiger partial charge on any atom is -0.365 e. The van der Waals surface area contributed by atoms with Crippen LogP contribution in [-0.2, 0) is 0 Å². The number of nitrogens with one attached hydrogen (secondary N) is 1. The smallest absolute Gasteiger partial charge is 0.0629 e. The van der Waals surface area contributed by atoms with E-state index in [1.807, 2.05) is 79.9 Å². The molecule has 0 bridgehead atoms. The molecule has 0 aliphatic carbocycles. The fraction of sp³-hybridized carbons (Fsp3) is 0.0556. The van der Waals surface area contributed by atoms with Crippen LogP contribution in [0.2, 0.25) is 0 Å². The lowest BCUT2D eigenvalue weighted by molar-refractivity contribution is 1.06. The summed E-state index contributed by atoms with van der Waals surface area (Å²) in [6, 6.07) is 9.84. The number of allylic oxidation sites excluding steroid dienone is 8. The van der Waals surface area contributed by atoms with E-state index in [0.717, 1.165) is 11.4 Å². The van der Waals surface area contributed by atoms with Gasteiger partial charge in [-0.1, -0.05) is 49.1 Å². The highest BCUT2D eigenvalue weighted by Gasteiger charge is 1.80. The van der Waals surface area contributed by atoms with Gasteiger partial charge < -0.3 is 5.32 Å². The van der Waals surface area contributed by atoms with Crippen molar-refractivity contribution in [3.8, 4) is 0 Å². The lowest BCUT2D eigenvalue weighted by Crippen LogP contribution is -1.99. The molecule has 1 aromatic rings. The van der Waals surface area contributed by atoms with E-state index in [0.29, 0.717) is 0 Å². The molecule has 2 heteroatoms. The van der Waals surface area contributed by atoms with Crippen LogP contribution in [0.3, 0.4) is 0 Å². The Morgan fingerprint density at radius 2 is 1.85 bits per heavy atom. The standard InChI is InChI=1S/C18H20N2/c1-3-4-7-12-17(2)19-15-10-6-11-16-20-18-13-8-5-9-14-18/h3-16,19H,1H2,2H3/b7-4-,11-6-,15-10+,17-12+,20-16?. The van der Waals surface area contributed by atoms with Crippen molar-refractivity contribution in [3.05, 3.63) is 91.3 Å². The van der Waals surface area contributed by atoms with E-state index in [1.165, 1.54) is 0 Å². The Balaban J connectivity index is 2.32. The van der Waals surface area contributed by atoms with Crippen LogP contribution in [0.15, 0.2) is 96.3 Å². The molecule has 0 atom stereocenters. The third-order valence-corrected chi connectivity index (χ3v) is 2.29. The van der Waals surface area contributed by atoms with E-state index in [1.54, 1.807) is 12.3 Å². The second-order valence-corrected chi connectivity index (χ2v) is 3.97. The van der Waals surface area contributed by atoms with E-state index < -0.39 is 0 Å². The Bertz CT molecular complexity index is 532. The average Bonchev–Trinajstić information content (AvgIpc) is 2.47. The highest BCUT2D eigenvalue weighted by atomic mass is 14.8. The molecule has 1 N–H and O–H groups in total. The van der Waals surface area contributed by atoms with Crippen molar-refractivity contribution in [2.75, 3.05) is 0 Å². The van der Waals surface area contributed by atoms with Crippen LogP contribution in [0.5, 0.6) is 0 Å². The largest absolute Gasteiger partial charge is 0.365 e. The van der Waals surface area contributed by atoms with E-state index in [-0.39, 0.29) is 0 Å². The zero-order valence-electron chi connectivity index (χ0n) is 11.7. The number of benzene rings is 1. The molecule has 0 saturated carbocycles. The van der Waals surface area contributed by atoms with Gasteiger partial charge in [0.25, 0.3) is 0 Å². The topological polar surface area (TPSA) is 24.4 Å². The summed E-state index contributed by atoms with van der Waals surface area (Å²) in [5.74, 6) is 0. The summed E-state index contributed by atoms with van der Waals surface area (Å²) in [5.41, 5.74) is 2.01. The van der Waals surface area contributed by atoms with Gasteiger partial charge >= 0.3 is 0 Å². The quantitative estimate of drug-likeness (QED) is 0.560. The fourth-order valence-electron chi connectivity index (χ4n) is 1.32. The molecule has 0 amide bonds. The van der Waals surface area contributed by atoms with Gasteiger partial charge in [0, 0.05) is 18.1 Å². The van der Waals surface area contributed by atoms with Crippen molar-refractivity contribution < 1.29 is 0 Å². The van der Waals surface area contributed by atoms with Crippen molar-refractivity contribution in [1.82, 2.24) is 5.32 Å². The maximum Gasteiger partial charge on any atom is 0.0629 e. The Morgan fingerprint density at radius 3 is 2.60 bits per heavy atom. The monoisotopic (exact) mass is 264 g/mol. The average molecular weight is 264 g/mol. The van der Waals surface area contributed by atoms with Gasteiger partial charge in [-0.25, -0.2) is 0 Å². The highest BCUT2D eigenvalue weighted by Crippen LogP contribution is 2.08. The first kappa shape index (κ1) is 15.4. The molecule has 0 saturated heterocycles. The summed E-state index contributed by atoms with van der Waals surface area (Å²) < 4.78 is 0. The van der Waals surface area contributed by atoms with Gasteiger partial charge in [-0.2, -0.15) is 0 Å². The molecule has 0 fully saturated rings. The van der Waals surface area contributed by atoms with Crippen LogP contribution in [0.25, 0.3) is 0 Å². The minimum atomic E-state index is 0.951. The first-order valence-electron chi connectivity index (χ1n) is 6.46. The van der Waals surface area contributed by atoms with Crippen LogP contribution in [0.1, 0.15) is 6.92 Å². The van der Waals surface area contributed by atoms with Crippen molar-refractivity contribution in [2.24, 2.45) is 4.99 Å². The van der Waals surface area contributed by atoms with Crippen molar-refractivity contribution >= 4 is 11.9 Å². The van der Waals surface area contributed by atoms with Crippen LogP contribution < -0.4 is 5.32 Å². The SMILES string of the molecule is C=C/C=C\C=C(/C)N/C=C/C=C\C=Nc1ccccc1. The van der Waals surface area contributed by atoms with Gasteiger partial charge in [-0.05, 0) is 37.3 Å². The number of nitrogens with zero attached hydrogens (tertiary/aromatic N) is 1. The molecule has 0 spiro atoms. The second kappa shape index (κ2) is 10.3. The zero-order valence-corrected chi connectivity index (χ0v) is 11.7. The zero-order chi connectivity index (χ0) is 14.5. The normalized spacial score (nSPS) is 12.9. The predicted molar refractivity (Wildman–Crippen MR) is 89.1 cm³/mol.